The van der Waals surface area contributed by atoms with Gasteiger partial charge in [-0.1, -0.05) is 6.07 Å². The second-order valence-electron chi connectivity index (χ2n) is 7.27. The first-order chi connectivity index (χ1) is 12.1. The lowest BCUT2D eigenvalue weighted by molar-refractivity contribution is 0.0516. The molecule has 1 aromatic heterocycles. The number of fused-ring (bicyclic) bond motifs is 3. The number of ether oxygens (including phenoxy) is 1. The van der Waals surface area contributed by atoms with E-state index in [2.05, 4.69) is 10.6 Å². The van der Waals surface area contributed by atoms with Crippen LogP contribution < -0.4 is 10.6 Å². The van der Waals surface area contributed by atoms with Crippen LogP contribution in [0.5, 0.6) is 0 Å². The van der Waals surface area contributed by atoms with Crippen LogP contribution in [0, 0.1) is 0 Å². The van der Waals surface area contributed by atoms with Crippen LogP contribution in [0.15, 0.2) is 24.3 Å². The molecule has 0 fully saturated rings. The molecule has 2 heterocycles. The van der Waals surface area contributed by atoms with Crippen LogP contribution in [0.3, 0.4) is 0 Å². The molecule has 1 atom stereocenters. The molecule has 1 unspecified atom stereocenters. The monoisotopic (exact) mass is 359 g/mol. The number of nitrogens with one attached hydrogen (secondary N) is 2. The van der Waals surface area contributed by atoms with Crippen LogP contribution in [0.1, 0.15) is 41.6 Å². The minimum absolute atomic E-state index is 0.160. The molecule has 3 N–H and O–H groups in total. The van der Waals surface area contributed by atoms with E-state index in [1.807, 2.05) is 0 Å². The van der Waals surface area contributed by atoms with Crippen LogP contribution >= 0.6 is 0 Å². The van der Waals surface area contributed by atoms with Gasteiger partial charge >= 0.3 is 12.1 Å². The van der Waals surface area contributed by atoms with Gasteiger partial charge in [-0.05, 0) is 39.0 Å². The van der Waals surface area contributed by atoms with E-state index in [4.69, 9.17) is 4.74 Å². The maximum Gasteiger partial charge on any atom is 0.407 e. The number of carbonyl (C=O) groups excluding carboxylic acids is 2. The van der Waals surface area contributed by atoms with Gasteiger partial charge in [-0.3, -0.25) is 4.79 Å². The zero-order chi connectivity index (χ0) is 19.1. The van der Waals surface area contributed by atoms with Crippen LogP contribution in [0.2, 0.25) is 0 Å². The summed E-state index contributed by atoms with van der Waals surface area (Å²) in [5.41, 5.74) is 0.706. The van der Waals surface area contributed by atoms with E-state index < -0.39 is 17.7 Å². The summed E-state index contributed by atoms with van der Waals surface area (Å²) in [6, 6.07) is 6.15. The number of carboxylic acid groups (broad SMARTS) is 1. The highest BCUT2D eigenvalue weighted by Crippen LogP contribution is 2.24. The van der Waals surface area contributed by atoms with E-state index in [1.54, 1.807) is 43.5 Å². The molecule has 138 valence electrons. The fourth-order valence-corrected chi connectivity index (χ4v) is 2.93. The molecule has 2 aromatic rings. The number of aromatic carboxylic acids is 1. The number of nitrogens with zero attached hydrogens (tertiary/aromatic N) is 1. The van der Waals surface area contributed by atoms with Crippen molar-refractivity contribution < 1.29 is 24.2 Å². The molecule has 0 saturated carbocycles. The summed E-state index contributed by atoms with van der Waals surface area (Å²) >= 11 is 0. The van der Waals surface area contributed by atoms with Crippen molar-refractivity contribution in [1.82, 2.24) is 15.2 Å². The Hall–Kier alpha value is -3.03. The second-order valence-corrected chi connectivity index (χ2v) is 7.27. The third-order valence-corrected chi connectivity index (χ3v) is 4.01. The van der Waals surface area contributed by atoms with Crippen molar-refractivity contribution in [2.75, 3.05) is 6.54 Å². The van der Waals surface area contributed by atoms with Gasteiger partial charge in [0.2, 0.25) is 0 Å². The minimum Gasteiger partial charge on any atom is -0.478 e. The predicted molar refractivity (Wildman–Crippen MR) is 94.4 cm³/mol. The third kappa shape index (κ3) is 3.63. The van der Waals surface area contributed by atoms with E-state index in [1.165, 1.54) is 6.07 Å². The van der Waals surface area contributed by atoms with Gasteiger partial charge in [0.15, 0.2) is 0 Å². The zero-order valence-corrected chi connectivity index (χ0v) is 14.8. The molecule has 1 aliphatic rings. The average molecular weight is 359 g/mol. The van der Waals surface area contributed by atoms with Crippen molar-refractivity contribution in [2.45, 2.75) is 39.0 Å². The number of alkyl carbamates (subject to hydrolysis) is 1. The highest BCUT2D eigenvalue weighted by Gasteiger charge is 2.27. The highest BCUT2D eigenvalue weighted by atomic mass is 16.6. The summed E-state index contributed by atoms with van der Waals surface area (Å²) in [4.78, 5) is 35.4. The Morgan fingerprint density at radius 1 is 1.35 bits per heavy atom. The van der Waals surface area contributed by atoms with Crippen molar-refractivity contribution in [2.24, 2.45) is 0 Å². The summed E-state index contributed by atoms with van der Waals surface area (Å²) in [7, 11) is 0. The van der Waals surface area contributed by atoms with Crippen LogP contribution in [0.25, 0.3) is 10.9 Å². The summed E-state index contributed by atoms with van der Waals surface area (Å²) in [5.74, 6) is -1.29. The van der Waals surface area contributed by atoms with Crippen molar-refractivity contribution in [3.05, 3.63) is 35.5 Å². The molecule has 0 bridgehead atoms. The fraction of sp³-hybridized carbons (Fsp3) is 0.389. The molecule has 3 rings (SSSR count). The van der Waals surface area contributed by atoms with E-state index in [-0.39, 0.29) is 24.1 Å². The smallest absolute Gasteiger partial charge is 0.407 e. The molecule has 1 aromatic carbocycles. The number of carboxylic acids is 1. The number of amides is 2. The molecule has 26 heavy (non-hydrogen) atoms. The molecule has 0 spiro atoms. The summed E-state index contributed by atoms with van der Waals surface area (Å²) < 4.78 is 6.97. The zero-order valence-electron chi connectivity index (χ0n) is 14.8. The first-order valence-electron chi connectivity index (χ1n) is 8.28. The molecule has 0 aliphatic carbocycles. The number of hydrogen-bond donors (Lipinski definition) is 3. The van der Waals surface area contributed by atoms with Gasteiger partial charge in [0.1, 0.15) is 11.3 Å². The van der Waals surface area contributed by atoms with Gasteiger partial charge in [0.05, 0.1) is 11.6 Å². The van der Waals surface area contributed by atoms with Crippen molar-refractivity contribution in [3.8, 4) is 0 Å². The Morgan fingerprint density at radius 3 is 2.73 bits per heavy atom. The van der Waals surface area contributed by atoms with Crippen molar-refractivity contribution >= 4 is 28.9 Å². The number of carbonyl (C=O) groups is 3. The van der Waals surface area contributed by atoms with E-state index in [9.17, 15) is 19.5 Å². The molecule has 8 heteroatoms. The number of hydrogen-bond acceptors (Lipinski definition) is 4. The molecule has 1 aliphatic heterocycles. The Balaban J connectivity index is 1.79. The molecule has 0 radical (unpaired) electrons. The Labute approximate surface area is 150 Å². The lowest BCUT2D eigenvalue weighted by Crippen LogP contribution is -2.50. The van der Waals surface area contributed by atoms with Gasteiger partial charge in [-0.25, -0.2) is 9.59 Å². The quantitative estimate of drug-likeness (QED) is 0.776. The SMILES string of the molecule is CC(C)(C)OC(=O)NCC1Cn2c(cc3ccc(C(=O)O)cc32)C(=O)N1. The number of rotatable bonds is 3. The van der Waals surface area contributed by atoms with Crippen molar-refractivity contribution in [3.63, 3.8) is 0 Å². The minimum atomic E-state index is -1.02. The van der Waals surface area contributed by atoms with Gasteiger partial charge in [-0.15, -0.1) is 0 Å². The molecular formula is C18H21N3O5. The molecule has 0 saturated heterocycles. The van der Waals surface area contributed by atoms with Crippen molar-refractivity contribution in [1.29, 1.82) is 0 Å². The number of aromatic nitrogens is 1. The standard InChI is InChI=1S/C18H21N3O5/c1-18(2,3)26-17(25)19-8-12-9-21-13-7-11(16(23)24)5-4-10(13)6-14(21)15(22)20-12/h4-7,12H,8-9H2,1-3H3,(H,19,25)(H,20,22)(H,23,24). The van der Waals surface area contributed by atoms with Gasteiger partial charge in [0.25, 0.3) is 5.91 Å². The maximum absolute atomic E-state index is 12.4. The Bertz CT molecular complexity index is 894. The van der Waals surface area contributed by atoms with Crippen LogP contribution in [-0.4, -0.2) is 45.8 Å². The predicted octanol–water partition coefficient (Wildman–Crippen LogP) is 1.98. The Kier molecular flexibility index (Phi) is 4.35. The molecular weight excluding hydrogens is 338 g/mol. The third-order valence-electron chi connectivity index (χ3n) is 4.01. The summed E-state index contributed by atoms with van der Waals surface area (Å²) in [6.07, 6.45) is -0.553. The van der Waals surface area contributed by atoms with E-state index >= 15 is 0 Å². The first-order valence-corrected chi connectivity index (χ1v) is 8.28. The van der Waals surface area contributed by atoms with Gasteiger partial charge in [0, 0.05) is 24.0 Å². The van der Waals surface area contributed by atoms with Crippen LogP contribution in [0.4, 0.5) is 4.79 Å². The van der Waals surface area contributed by atoms with E-state index in [0.29, 0.717) is 17.8 Å². The normalized spacial score (nSPS) is 16.7. The summed E-state index contributed by atoms with van der Waals surface area (Å²) in [5, 5.41) is 15.5. The van der Waals surface area contributed by atoms with Gasteiger partial charge in [-0.2, -0.15) is 0 Å². The maximum atomic E-state index is 12.4. The number of benzene rings is 1. The molecule has 8 nitrogen and oxygen atoms in total. The topological polar surface area (TPSA) is 110 Å². The van der Waals surface area contributed by atoms with Gasteiger partial charge < -0.3 is 25.0 Å². The molecule has 2 amide bonds. The lowest BCUT2D eigenvalue weighted by Gasteiger charge is -2.27. The first kappa shape index (κ1) is 17.8. The fourth-order valence-electron chi connectivity index (χ4n) is 2.93. The lowest BCUT2D eigenvalue weighted by atomic mass is 10.1. The van der Waals surface area contributed by atoms with E-state index in [0.717, 1.165) is 5.39 Å². The highest BCUT2D eigenvalue weighted by molar-refractivity contribution is 6.01. The summed E-state index contributed by atoms with van der Waals surface area (Å²) in [6.45, 7) is 5.94. The average Bonchev–Trinajstić information content (AvgIpc) is 2.90. The largest absolute Gasteiger partial charge is 0.478 e. The second kappa shape index (κ2) is 6.36. The Morgan fingerprint density at radius 2 is 2.08 bits per heavy atom. The van der Waals surface area contributed by atoms with Crippen LogP contribution in [-0.2, 0) is 11.3 Å².